The van der Waals surface area contributed by atoms with Gasteiger partial charge >= 0.3 is 0 Å². The molecule has 3 rings (SSSR count). The van der Waals surface area contributed by atoms with E-state index in [4.69, 9.17) is 10.2 Å². The molecule has 0 spiro atoms. The van der Waals surface area contributed by atoms with Gasteiger partial charge in [0.1, 0.15) is 5.75 Å². The van der Waals surface area contributed by atoms with Crippen LogP contribution in [0.4, 0.5) is 0 Å². The lowest BCUT2D eigenvalue weighted by Crippen LogP contribution is -1.90. The molecule has 0 amide bonds. The van der Waals surface area contributed by atoms with Crippen LogP contribution in [0.3, 0.4) is 0 Å². The summed E-state index contributed by atoms with van der Waals surface area (Å²) in [6.07, 6.45) is 3.27. The smallest absolute Gasteiger partial charge is 0.116 e. The van der Waals surface area contributed by atoms with Crippen molar-refractivity contribution in [3.8, 4) is 28.0 Å². The molecule has 0 heterocycles. The Hall–Kier alpha value is -2.62. The fraction of sp³-hybridized carbons (Fsp3) is 0.250. The maximum atomic E-state index is 10.2. The second-order valence-corrected chi connectivity index (χ2v) is 6.82. The monoisotopic (exact) mass is 362 g/mol. The molecule has 140 valence electrons. The molecular weight excluding hydrogens is 336 g/mol. The zero-order valence-corrected chi connectivity index (χ0v) is 15.4. The zero-order valence-electron chi connectivity index (χ0n) is 15.4. The molecule has 0 aromatic heterocycles. The Labute approximate surface area is 160 Å². The normalized spacial score (nSPS) is 10.9. The Balaban J connectivity index is 1.83. The predicted octanol–water partition coefficient (Wildman–Crippen LogP) is 4.58. The SMILES string of the molecule is OCCCc1ccc(-c2cc(O)cc(-c3ccc(CCCO)cc3)c2)cc1. The number of aliphatic hydroxyl groups is 2. The van der Waals surface area contributed by atoms with Gasteiger partial charge in [0.05, 0.1) is 0 Å². The third kappa shape index (κ3) is 5.19. The summed E-state index contributed by atoms with van der Waals surface area (Å²) in [6, 6.07) is 22.2. The Kier molecular flexibility index (Phi) is 6.64. The van der Waals surface area contributed by atoms with Crippen LogP contribution in [-0.4, -0.2) is 28.5 Å². The molecule has 3 N–H and O–H groups in total. The van der Waals surface area contributed by atoms with Crippen molar-refractivity contribution in [1.29, 1.82) is 0 Å². The molecule has 0 aliphatic rings. The summed E-state index contributed by atoms with van der Waals surface area (Å²) < 4.78 is 0. The van der Waals surface area contributed by atoms with E-state index in [1.165, 1.54) is 11.1 Å². The van der Waals surface area contributed by atoms with Crippen molar-refractivity contribution >= 4 is 0 Å². The molecule has 3 aromatic carbocycles. The van der Waals surface area contributed by atoms with Crippen molar-refractivity contribution in [2.24, 2.45) is 0 Å². The first-order chi connectivity index (χ1) is 13.2. The zero-order chi connectivity index (χ0) is 19.1. The highest BCUT2D eigenvalue weighted by molar-refractivity contribution is 5.75. The van der Waals surface area contributed by atoms with Crippen molar-refractivity contribution in [2.45, 2.75) is 25.7 Å². The van der Waals surface area contributed by atoms with E-state index in [1.54, 1.807) is 12.1 Å². The van der Waals surface area contributed by atoms with Crippen molar-refractivity contribution in [3.05, 3.63) is 77.9 Å². The number of aryl methyl sites for hydroxylation is 2. The summed E-state index contributed by atoms with van der Waals surface area (Å²) >= 11 is 0. The molecule has 3 nitrogen and oxygen atoms in total. The van der Waals surface area contributed by atoms with Gasteiger partial charge in [-0.05, 0) is 77.3 Å². The Morgan fingerprint density at radius 2 is 0.926 bits per heavy atom. The fourth-order valence-corrected chi connectivity index (χ4v) is 3.24. The van der Waals surface area contributed by atoms with E-state index in [2.05, 4.69) is 54.6 Å². The largest absolute Gasteiger partial charge is 0.508 e. The van der Waals surface area contributed by atoms with Gasteiger partial charge in [-0.1, -0.05) is 48.5 Å². The van der Waals surface area contributed by atoms with Crippen LogP contribution in [0, 0.1) is 0 Å². The minimum atomic E-state index is 0.205. The van der Waals surface area contributed by atoms with Crippen LogP contribution in [0.2, 0.25) is 0 Å². The second-order valence-electron chi connectivity index (χ2n) is 6.82. The quantitative estimate of drug-likeness (QED) is 0.550. The third-order valence-electron chi connectivity index (χ3n) is 4.74. The number of rotatable bonds is 8. The van der Waals surface area contributed by atoms with Gasteiger partial charge < -0.3 is 15.3 Å². The Morgan fingerprint density at radius 3 is 1.30 bits per heavy atom. The molecule has 3 aromatic rings. The summed E-state index contributed by atoms with van der Waals surface area (Å²) in [5, 5.41) is 28.1. The number of hydrogen-bond donors (Lipinski definition) is 3. The highest BCUT2D eigenvalue weighted by Gasteiger charge is 2.06. The molecule has 0 fully saturated rings. The van der Waals surface area contributed by atoms with Gasteiger partial charge in [0, 0.05) is 13.2 Å². The fourth-order valence-electron chi connectivity index (χ4n) is 3.24. The maximum absolute atomic E-state index is 10.2. The first-order valence-corrected chi connectivity index (χ1v) is 9.44. The molecule has 0 unspecified atom stereocenters. The molecule has 0 bridgehead atoms. The minimum absolute atomic E-state index is 0.205. The molecule has 0 saturated carbocycles. The van der Waals surface area contributed by atoms with Crippen LogP contribution >= 0.6 is 0 Å². The first-order valence-electron chi connectivity index (χ1n) is 9.44. The topological polar surface area (TPSA) is 60.7 Å². The number of aliphatic hydroxyl groups excluding tert-OH is 2. The molecule has 0 aliphatic heterocycles. The van der Waals surface area contributed by atoms with E-state index in [-0.39, 0.29) is 19.0 Å². The third-order valence-corrected chi connectivity index (χ3v) is 4.74. The van der Waals surface area contributed by atoms with Crippen LogP contribution in [0.25, 0.3) is 22.3 Å². The lowest BCUT2D eigenvalue weighted by molar-refractivity contribution is 0.288. The van der Waals surface area contributed by atoms with Gasteiger partial charge in [-0.15, -0.1) is 0 Å². The van der Waals surface area contributed by atoms with Crippen molar-refractivity contribution in [1.82, 2.24) is 0 Å². The van der Waals surface area contributed by atoms with Crippen LogP contribution in [-0.2, 0) is 12.8 Å². The van der Waals surface area contributed by atoms with E-state index in [0.29, 0.717) is 0 Å². The summed E-state index contributed by atoms with van der Waals surface area (Å²) in [5.41, 5.74) is 6.46. The van der Waals surface area contributed by atoms with Gasteiger partial charge in [0.15, 0.2) is 0 Å². The first kappa shape index (κ1) is 19.2. The highest BCUT2D eigenvalue weighted by atomic mass is 16.3. The van der Waals surface area contributed by atoms with Gasteiger partial charge in [-0.25, -0.2) is 0 Å². The Morgan fingerprint density at radius 1 is 0.519 bits per heavy atom. The molecular formula is C24H26O3. The van der Waals surface area contributed by atoms with Crippen molar-refractivity contribution in [3.63, 3.8) is 0 Å². The van der Waals surface area contributed by atoms with Gasteiger partial charge in [-0.2, -0.15) is 0 Å². The van der Waals surface area contributed by atoms with Crippen molar-refractivity contribution in [2.75, 3.05) is 13.2 Å². The molecule has 27 heavy (non-hydrogen) atoms. The molecule has 0 aliphatic carbocycles. The van der Waals surface area contributed by atoms with E-state index in [1.807, 2.05) is 0 Å². The number of phenols is 1. The number of aromatic hydroxyl groups is 1. The van der Waals surface area contributed by atoms with E-state index < -0.39 is 0 Å². The predicted molar refractivity (Wildman–Crippen MR) is 110 cm³/mol. The summed E-state index contributed by atoms with van der Waals surface area (Å²) in [7, 11) is 0. The van der Waals surface area contributed by atoms with Crippen molar-refractivity contribution < 1.29 is 15.3 Å². The standard InChI is InChI=1S/C24H26O3/c25-13-1-3-18-5-9-20(10-6-18)22-15-23(17-24(27)16-22)21-11-7-19(8-12-21)4-2-14-26/h5-12,15-17,25-27H,1-4,13-14H2. The highest BCUT2D eigenvalue weighted by Crippen LogP contribution is 2.31. The minimum Gasteiger partial charge on any atom is -0.508 e. The molecule has 0 atom stereocenters. The Bertz CT molecular complexity index is 782. The number of hydrogen-bond acceptors (Lipinski definition) is 3. The summed E-state index contributed by atoms with van der Waals surface area (Å²) in [6.45, 7) is 0.410. The van der Waals surface area contributed by atoms with Crippen LogP contribution in [0.1, 0.15) is 24.0 Å². The van der Waals surface area contributed by atoms with Crippen LogP contribution in [0.15, 0.2) is 66.7 Å². The van der Waals surface area contributed by atoms with E-state index in [0.717, 1.165) is 47.9 Å². The van der Waals surface area contributed by atoms with Crippen LogP contribution in [0.5, 0.6) is 5.75 Å². The lowest BCUT2D eigenvalue weighted by atomic mass is 9.96. The molecule has 3 heteroatoms. The number of benzene rings is 3. The average molecular weight is 362 g/mol. The molecule has 0 radical (unpaired) electrons. The van der Waals surface area contributed by atoms with E-state index >= 15 is 0 Å². The summed E-state index contributed by atoms with van der Waals surface area (Å²) in [4.78, 5) is 0. The lowest BCUT2D eigenvalue weighted by Gasteiger charge is -2.09. The average Bonchev–Trinajstić information content (AvgIpc) is 2.71. The maximum Gasteiger partial charge on any atom is 0.116 e. The van der Waals surface area contributed by atoms with Crippen LogP contribution < -0.4 is 0 Å². The van der Waals surface area contributed by atoms with Gasteiger partial charge in [0.2, 0.25) is 0 Å². The second kappa shape index (κ2) is 9.36. The summed E-state index contributed by atoms with van der Waals surface area (Å²) in [5.74, 6) is 0.246. The van der Waals surface area contributed by atoms with Gasteiger partial charge in [-0.3, -0.25) is 0 Å². The number of phenolic OH excluding ortho intramolecular Hbond substituents is 1. The van der Waals surface area contributed by atoms with E-state index in [9.17, 15) is 5.11 Å². The molecule has 0 saturated heterocycles. The van der Waals surface area contributed by atoms with Gasteiger partial charge in [0.25, 0.3) is 0 Å².